The van der Waals surface area contributed by atoms with Crippen molar-refractivity contribution in [3.05, 3.63) is 29.8 Å². The highest BCUT2D eigenvalue weighted by Gasteiger charge is 2.55. The molecule has 5 nitrogen and oxygen atoms in total. The van der Waals surface area contributed by atoms with Gasteiger partial charge in [0, 0.05) is 18.0 Å². The molecule has 0 unspecified atom stereocenters. The fourth-order valence-corrected chi connectivity index (χ4v) is 6.02. The van der Waals surface area contributed by atoms with Gasteiger partial charge in [-0.3, -0.25) is 9.59 Å². The largest absolute Gasteiger partial charge is 0.451 e. The molecule has 1 aromatic rings. The van der Waals surface area contributed by atoms with Gasteiger partial charge in [-0.2, -0.15) is 0 Å². The summed E-state index contributed by atoms with van der Waals surface area (Å²) < 4.78 is 5.53. The van der Waals surface area contributed by atoms with E-state index in [-0.39, 0.29) is 17.1 Å². The summed E-state index contributed by atoms with van der Waals surface area (Å²) in [6.45, 7) is 3.14. The van der Waals surface area contributed by atoms with Crippen molar-refractivity contribution in [2.24, 2.45) is 23.2 Å². The Labute approximate surface area is 159 Å². The summed E-state index contributed by atoms with van der Waals surface area (Å²) in [5.74, 6) is 1.51. The predicted molar refractivity (Wildman–Crippen MR) is 101 cm³/mol. The van der Waals surface area contributed by atoms with Crippen LogP contribution in [0.3, 0.4) is 0 Å². The van der Waals surface area contributed by atoms with Crippen LogP contribution in [0.15, 0.2) is 24.3 Å². The van der Waals surface area contributed by atoms with E-state index < -0.39 is 12.1 Å². The number of rotatable bonds is 5. The molecule has 0 radical (unpaired) electrons. The van der Waals surface area contributed by atoms with E-state index in [1.165, 1.54) is 26.2 Å². The second-order valence-corrected chi connectivity index (χ2v) is 8.87. The Morgan fingerprint density at radius 1 is 1.00 bits per heavy atom. The number of carbonyl (C=O) groups is 3. The third-order valence-electron chi connectivity index (χ3n) is 6.65. The van der Waals surface area contributed by atoms with Gasteiger partial charge in [0.2, 0.25) is 5.91 Å². The number of benzene rings is 1. The number of Topliss-reactive ketones (excluding diaryl/α,β-unsaturated/α-hetero) is 1. The molecule has 5 rings (SSSR count). The van der Waals surface area contributed by atoms with Crippen molar-refractivity contribution in [3.63, 3.8) is 0 Å². The molecule has 4 aliphatic rings. The van der Waals surface area contributed by atoms with Gasteiger partial charge in [0.15, 0.2) is 11.9 Å². The second-order valence-electron chi connectivity index (χ2n) is 8.87. The number of ketones is 1. The summed E-state index contributed by atoms with van der Waals surface area (Å²) in [6, 6.07) is 6.53. The van der Waals surface area contributed by atoms with E-state index in [9.17, 15) is 14.4 Å². The van der Waals surface area contributed by atoms with Crippen LogP contribution < -0.4 is 5.32 Å². The van der Waals surface area contributed by atoms with E-state index in [1.807, 2.05) is 0 Å². The Balaban J connectivity index is 1.41. The third kappa shape index (κ3) is 3.52. The van der Waals surface area contributed by atoms with Crippen molar-refractivity contribution in [2.75, 3.05) is 5.32 Å². The number of carbonyl (C=O) groups excluding carboxylic acids is 3. The van der Waals surface area contributed by atoms with Crippen molar-refractivity contribution < 1.29 is 19.1 Å². The quantitative estimate of drug-likeness (QED) is 0.797. The van der Waals surface area contributed by atoms with Gasteiger partial charge in [-0.1, -0.05) is 0 Å². The molecule has 4 fully saturated rings. The zero-order valence-corrected chi connectivity index (χ0v) is 16.0. The molecule has 4 aliphatic carbocycles. The Hall–Kier alpha value is -2.17. The van der Waals surface area contributed by atoms with Crippen molar-refractivity contribution >= 4 is 23.3 Å². The lowest BCUT2D eigenvalue weighted by Crippen LogP contribution is -2.52. The van der Waals surface area contributed by atoms with Crippen LogP contribution in [-0.2, 0) is 14.3 Å². The fraction of sp³-hybridized carbons (Fsp3) is 0.591. The van der Waals surface area contributed by atoms with Crippen molar-refractivity contribution in [1.29, 1.82) is 0 Å². The smallest absolute Gasteiger partial charge is 0.338 e. The van der Waals surface area contributed by atoms with Gasteiger partial charge >= 0.3 is 5.97 Å². The number of hydrogen-bond acceptors (Lipinski definition) is 4. The fourth-order valence-electron chi connectivity index (χ4n) is 6.02. The highest BCUT2D eigenvalue weighted by Crippen LogP contribution is 2.60. The number of esters is 1. The molecule has 0 aromatic heterocycles. The van der Waals surface area contributed by atoms with Gasteiger partial charge in [-0.25, -0.2) is 4.79 Å². The van der Waals surface area contributed by atoms with Gasteiger partial charge in [0.25, 0.3) is 0 Å². The minimum atomic E-state index is -0.719. The summed E-state index contributed by atoms with van der Waals surface area (Å²) in [5, 5.41) is 2.66. The average Bonchev–Trinajstić information content (AvgIpc) is 2.60. The number of hydrogen-bond donors (Lipinski definition) is 1. The van der Waals surface area contributed by atoms with Gasteiger partial charge in [-0.05, 0) is 87.5 Å². The van der Waals surface area contributed by atoms with Gasteiger partial charge in [0.05, 0.1) is 5.56 Å². The number of ether oxygens (including phenoxy) is 1. The molecule has 1 N–H and O–H groups in total. The highest BCUT2D eigenvalue weighted by atomic mass is 16.5. The minimum absolute atomic E-state index is 0.116. The third-order valence-corrected chi connectivity index (χ3v) is 6.65. The normalized spacial score (nSPS) is 32.0. The van der Waals surface area contributed by atoms with E-state index in [1.54, 1.807) is 31.2 Å². The van der Waals surface area contributed by atoms with Crippen LogP contribution in [0, 0.1) is 23.2 Å². The molecule has 0 spiro atoms. The lowest BCUT2D eigenvalue weighted by molar-refractivity contribution is -0.152. The first-order chi connectivity index (χ1) is 12.8. The molecule has 1 aromatic carbocycles. The van der Waals surface area contributed by atoms with Crippen LogP contribution in [0.4, 0.5) is 5.69 Å². The average molecular weight is 369 g/mol. The van der Waals surface area contributed by atoms with Crippen LogP contribution in [0.5, 0.6) is 0 Å². The molecule has 144 valence electrons. The Morgan fingerprint density at radius 3 is 2.00 bits per heavy atom. The minimum Gasteiger partial charge on any atom is -0.451 e. The topological polar surface area (TPSA) is 72.5 Å². The maximum Gasteiger partial charge on any atom is 0.338 e. The van der Waals surface area contributed by atoms with E-state index in [4.69, 9.17) is 4.74 Å². The van der Waals surface area contributed by atoms with E-state index >= 15 is 0 Å². The molecular weight excluding hydrogens is 342 g/mol. The molecule has 1 atom stereocenters. The summed E-state index contributed by atoms with van der Waals surface area (Å²) in [6.07, 6.45) is 6.05. The van der Waals surface area contributed by atoms with Gasteiger partial charge < -0.3 is 10.1 Å². The molecule has 4 bridgehead atoms. The maximum absolute atomic E-state index is 13.2. The first kappa shape index (κ1) is 18.2. The molecule has 1 amide bonds. The van der Waals surface area contributed by atoms with Crippen molar-refractivity contribution in [2.45, 2.75) is 58.5 Å². The first-order valence-electron chi connectivity index (χ1n) is 9.97. The number of nitrogens with one attached hydrogen (secondary N) is 1. The standard InChI is InChI=1S/C22H27NO4/c1-13(27-21(26)18-3-5-19(6-4-18)23-14(2)24)20(25)22-10-15-7-16(11-22)9-17(8-15)12-22/h3-6,13,15-17H,7-12H2,1-2H3,(H,23,24)/t13-,15?,16?,17?,22?/m0/s1. The zero-order valence-electron chi connectivity index (χ0n) is 16.0. The molecule has 5 heteroatoms. The lowest BCUT2D eigenvalue weighted by Gasteiger charge is -2.56. The Kier molecular flexibility index (Phi) is 4.57. The summed E-state index contributed by atoms with van der Waals surface area (Å²) >= 11 is 0. The molecule has 4 saturated carbocycles. The summed E-state index contributed by atoms with van der Waals surface area (Å²) in [4.78, 5) is 36.7. The SMILES string of the molecule is CC(=O)Nc1ccc(C(=O)O[C@@H](C)C(=O)C23CC4CC(CC(C4)C2)C3)cc1. The van der Waals surface area contributed by atoms with Crippen LogP contribution in [-0.4, -0.2) is 23.8 Å². The monoisotopic (exact) mass is 369 g/mol. The molecular formula is C22H27NO4. The van der Waals surface area contributed by atoms with Crippen molar-refractivity contribution in [3.8, 4) is 0 Å². The number of amides is 1. The molecule has 27 heavy (non-hydrogen) atoms. The van der Waals surface area contributed by atoms with E-state index in [0.717, 1.165) is 19.3 Å². The van der Waals surface area contributed by atoms with E-state index in [2.05, 4.69) is 5.32 Å². The summed E-state index contributed by atoms with van der Waals surface area (Å²) in [5.41, 5.74) is 0.745. The van der Waals surface area contributed by atoms with E-state index in [0.29, 0.717) is 29.0 Å². The Morgan fingerprint density at radius 2 is 1.52 bits per heavy atom. The van der Waals surface area contributed by atoms with Crippen LogP contribution in [0.25, 0.3) is 0 Å². The Bertz CT molecular complexity index is 732. The first-order valence-corrected chi connectivity index (χ1v) is 9.97. The van der Waals surface area contributed by atoms with Crippen molar-refractivity contribution in [1.82, 2.24) is 0 Å². The zero-order chi connectivity index (χ0) is 19.2. The summed E-state index contributed by atoms with van der Waals surface area (Å²) in [7, 11) is 0. The van der Waals surface area contributed by atoms with Gasteiger partial charge in [-0.15, -0.1) is 0 Å². The number of anilines is 1. The van der Waals surface area contributed by atoms with Crippen LogP contribution in [0.2, 0.25) is 0 Å². The molecule has 0 saturated heterocycles. The van der Waals surface area contributed by atoms with Gasteiger partial charge in [0.1, 0.15) is 0 Å². The maximum atomic E-state index is 13.2. The highest BCUT2D eigenvalue weighted by molar-refractivity contribution is 5.95. The van der Waals surface area contributed by atoms with Crippen LogP contribution in [0.1, 0.15) is 62.7 Å². The lowest BCUT2D eigenvalue weighted by atomic mass is 9.48. The second kappa shape index (κ2) is 6.77. The molecule has 0 heterocycles. The predicted octanol–water partition coefficient (Wildman–Crippen LogP) is 3.98. The van der Waals surface area contributed by atoms with Crippen LogP contribution >= 0.6 is 0 Å². The molecule has 0 aliphatic heterocycles.